The molecule has 0 aromatic heterocycles. The van der Waals surface area contributed by atoms with Gasteiger partial charge in [-0.1, -0.05) is 52.0 Å². The number of allylic oxidation sites excluding steroid dienone is 4. The molecule has 2 aliphatic rings. The van der Waals surface area contributed by atoms with Gasteiger partial charge in [0.1, 0.15) is 5.78 Å². The molecule has 2 aliphatic carbocycles. The fraction of sp³-hybridized carbons (Fsp3) is 0.706. The number of Topliss-reactive ketones (excluding diaryl/α,β-unsaturated/α-hetero) is 1. The number of carbonyl (C=O) groups excluding carboxylic acids is 1. The maximum atomic E-state index is 12.7. The Morgan fingerprint density at radius 1 is 0.778 bits per heavy atom. The fourth-order valence-electron chi connectivity index (χ4n) is 3.59. The maximum Gasteiger partial charge on any atom is 0.147 e. The first kappa shape index (κ1) is 13.6. The van der Waals surface area contributed by atoms with Crippen LogP contribution >= 0.6 is 0 Å². The molecule has 1 heteroatoms. The van der Waals surface area contributed by atoms with Crippen LogP contribution in [0.3, 0.4) is 0 Å². The Kier molecular flexibility index (Phi) is 4.09. The van der Waals surface area contributed by atoms with Gasteiger partial charge in [-0.25, -0.2) is 0 Å². The highest BCUT2D eigenvalue weighted by molar-refractivity contribution is 5.87. The Labute approximate surface area is 111 Å². The minimum Gasteiger partial charge on any atom is -0.298 e. The topological polar surface area (TPSA) is 17.1 Å². The monoisotopic (exact) mass is 246 g/mol. The second-order valence-electron chi connectivity index (χ2n) is 6.60. The van der Waals surface area contributed by atoms with Gasteiger partial charge >= 0.3 is 0 Å². The SMILES string of the molecule is CC1C=CC(C(=O)C2C=CC(C)CC2C)C(C)C1. The van der Waals surface area contributed by atoms with Crippen molar-refractivity contribution >= 4 is 5.78 Å². The van der Waals surface area contributed by atoms with E-state index in [9.17, 15) is 4.79 Å². The van der Waals surface area contributed by atoms with Gasteiger partial charge in [-0.2, -0.15) is 0 Å². The summed E-state index contributed by atoms with van der Waals surface area (Å²) in [6, 6.07) is 0. The van der Waals surface area contributed by atoms with E-state index in [1.54, 1.807) is 0 Å². The molecule has 0 N–H and O–H groups in total. The molecular weight excluding hydrogens is 220 g/mol. The molecule has 0 radical (unpaired) electrons. The van der Waals surface area contributed by atoms with E-state index < -0.39 is 0 Å². The first-order valence-corrected chi connectivity index (χ1v) is 7.39. The van der Waals surface area contributed by atoms with Crippen LogP contribution in [0, 0.1) is 35.5 Å². The Balaban J connectivity index is 2.12. The van der Waals surface area contributed by atoms with Crippen LogP contribution < -0.4 is 0 Å². The molecule has 18 heavy (non-hydrogen) atoms. The molecule has 0 bridgehead atoms. The van der Waals surface area contributed by atoms with Gasteiger partial charge in [0.25, 0.3) is 0 Å². The molecule has 0 saturated carbocycles. The molecule has 2 rings (SSSR count). The van der Waals surface area contributed by atoms with Crippen LogP contribution in [-0.4, -0.2) is 5.78 Å². The molecule has 0 aromatic rings. The van der Waals surface area contributed by atoms with Crippen LogP contribution in [0.1, 0.15) is 40.5 Å². The van der Waals surface area contributed by atoms with Crippen molar-refractivity contribution in [3.8, 4) is 0 Å². The molecule has 0 saturated heterocycles. The van der Waals surface area contributed by atoms with Gasteiger partial charge in [0.15, 0.2) is 0 Å². The van der Waals surface area contributed by atoms with Crippen LogP contribution in [0.4, 0.5) is 0 Å². The Morgan fingerprint density at radius 3 is 1.50 bits per heavy atom. The Hall–Kier alpha value is -0.850. The van der Waals surface area contributed by atoms with Crippen molar-refractivity contribution < 1.29 is 4.79 Å². The quantitative estimate of drug-likeness (QED) is 0.666. The zero-order chi connectivity index (χ0) is 13.3. The zero-order valence-electron chi connectivity index (χ0n) is 12.1. The molecular formula is C17H26O. The minimum atomic E-state index is 0.145. The minimum absolute atomic E-state index is 0.145. The van der Waals surface area contributed by atoms with E-state index in [0.29, 0.717) is 29.5 Å². The summed E-state index contributed by atoms with van der Waals surface area (Å²) in [6.07, 6.45) is 11.1. The second-order valence-corrected chi connectivity index (χ2v) is 6.60. The second kappa shape index (κ2) is 5.42. The van der Waals surface area contributed by atoms with Crippen molar-refractivity contribution in [3.63, 3.8) is 0 Å². The van der Waals surface area contributed by atoms with Crippen LogP contribution in [0.2, 0.25) is 0 Å². The smallest absolute Gasteiger partial charge is 0.147 e. The molecule has 100 valence electrons. The van der Waals surface area contributed by atoms with Crippen molar-refractivity contribution in [2.75, 3.05) is 0 Å². The molecule has 0 spiro atoms. The van der Waals surface area contributed by atoms with E-state index in [2.05, 4.69) is 52.0 Å². The summed E-state index contributed by atoms with van der Waals surface area (Å²) in [4.78, 5) is 12.7. The third-order valence-corrected chi connectivity index (χ3v) is 4.66. The summed E-state index contributed by atoms with van der Waals surface area (Å²) < 4.78 is 0. The van der Waals surface area contributed by atoms with E-state index >= 15 is 0 Å². The first-order valence-electron chi connectivity index (χ1n) is 7.39. The van der Waals surface area contributed by atoms with Crippen molar-refractivity contribution in [2.45, 2.75) is 40.5 Å². The van der Waals surface area contributed by atoms with Gasteiger partial charge < -0.3 is 0 Å². The van der Waals surface area contributed by atoms with E-state index in [1.807, 2.05) is 0 Å². The lowest BCUT2D eigenvalue weighted by molar-refractivity contribution is -0.127. The summed E-state index contributed by atoms with van der Waals surface area (Å²) in [5, 5.41) is 0. The average Bonchev–Trinajstić information content (AvgIpc) is 2.28. The van der Waals surface area contributed by atoms with Crippen LogP contribution in [0.25, 0.3) is 0 Å². The van der Waals surface area contributed by atoms with Crippen molar-refractivity contribution in [1.29, 1.82) is 0 Å². The van der Waals surface area contributed by atoms with E-state index in [0.717, 1.165) is 12.8 Å². The van der Waals surface area contributed by atoms with Crippen molar-refractivity contribution in [3.05, 3.63) is 24.3 Å². The van der Waals surface area contributed by atoms with Crippen LogP contribution in [0.15, 0.2) is 24.3 Å². The first-order chi connectivity index (χ1) is 8.49. The maximum absolute atomic E-state index is 12.7. The molecule has 0 amide bonds. The molecule has 0 aromatic carbocycles. The van der Waals surface area contributed by atoms with Crippen LogP contribution in [-0.2, 0) is 4.79 Å². The average molecular weight is 246 g/mol. The van der Waals surface area contributed by atoms with E-state index in [1.165, 1.54) is 0 Å². The lowest BCUT2D eigenvalue weighted by Gasteiger charge is -2.33. The van der Waals surface area contributed by atoms with Crippen molar-refractivity contribution in [1.82, 2.24) is 0 Å². The van der Waals surface area contributed by atoms with E-state index in [-0.39, 0.29) is 11.8 Å². The number of hydrogen-bond donors (Lipinski definition) is 0. The lowest BCUT2D eigenvalue weighted by atomic mass is 9.70. The summed E-state index contributed by atoms with van der Waals surface area (Å²) >= 11 is 0. The molecule has 1 nitrogen and oxygen atoms in total. The predicted octanol–water partition coefficient (Wildman–Crippen LogP) is 4.25. The predicted molar refractivity (Wildman–Crippen MR) is 76.2 cm³/mol. The third kappa shape index (κ3) is 2.76. The Bertz CT molecular complexity index is 332. The lowest BCUT2D eigenvalue weighted by Crippen LogP contribution is -2.33. The molecule has 6 atom stereocenters. The highest BCUT2D eigenvalue weighted by Gasteiger charge is 2.34. The zero-order valence-corrected chi connectivity index (χ0v) is 12.1. The molecule has 0 heterocycles. The van der Waals surface area contributed by atoms with Crippen LogP contribution in [0.5, 0.6) is 0 Å². The van der Waals surface area contributed by atoms with Gasteiger partial charge in [0.2, 0.25) is 0 Å². The van der Waals surface area contributed by atoms with Gasteiger partial charge in [-0.3, -0.25) is 4.79 Å². The highest BCUT2D eigenvalue weighted by atomic mass is 16.1. The number of ketones is 1. The summed E-state index contributed by atoms with van der Waals surface area (Å²) in [5.74, 6) is 2.99. The fourth-order valence-corrected chi connectivity index (χ4v) is 3.59. The van der Waals surface area contributed by atoms with Gasteiger partial charge in [-0.15, -0.1) is 0 Å². The largest absolute Gasteiger partial charge is 0.298 e. The number of rotatable bonds is 2. The van der Waals surface area contributed by atoms with Gasteiger partial charge in [0, 0.05) is 11.8 Å². The summed E-state index contributed by atoms with van der Waals surface area (Å²) in [7, 11) is 0. The summed E-state index contributed by atoms with van der Waals surface area (Å²) in [5.41, 5.74) is 0. The molecule has 0 fully saturated rings. The van der Waals surface area contributed by atoms with Gasteiger partial charge in [0.05, 0.1) is 0 Å². The molecule has 0 aliphatic heterocycles. The van der Waals surface area contributed by atoms with Gasteiger partial charge in [-0.05, 0) is 36.5 Å². The number of carbonyl (C=O) groups is 1. The van der Waals surface area contributed by atoms with E-state index in [4.69, 9.17) is 0 Å². The summed E-state index contributed by atoms with van der Waals surface area (Å²) in [6.45, 7) is 8.92. The normalized spacial score (nSPS) is 44.0. The third-order valence-electron chi connectivity index (χ3n) is 4.66. The van der Waals surface area contributed by atoms with Crippen molar-refractivity contribution in [2.24, 2.45) is 35.5 Å². The molecule has 6 unspecified atom stereocenters. The number of hydrogen-bond acceptors (Lipinski definition) is 1. The Morgan fingerprint density at radius 2 is 1.17 bits per heavy atom. The highest BCUT2D eigenvalue weighted by Crippen LogP contribution is 2.35. The standard InChI is InChI=1S/C17H26O/c1-11-5-7-15(13(3)9-11)17(18)16-8-6-12(2)10-14(16)4/h5-8,11-16H,9-10H2,1-4H3.